The third kappa shape index (κ3) is 3.33. The lowest BCUT2D eigenvalue weighted by Gasteiger charge is -2.31. The van der Waals surface area contributed by atoms with E-state index in [0.717, 1.165) is 10.9 Å². The third-order valence-corrected chi connectivity index (χ3v) is 5.03. The van der Waals surface area contributed by atoms with Crippen LogP contribution in [0.1, 0.15) is 18.2 Å². The molecule has 1 aliphatic rings. The Labute approximate surface area is 120 Å². The lowest BCUT2D eigenvalue weighted by Crippen LogP contribution is -2.39. The summed E-state index contributed by atoms with van der Waals surface area (Å²) in [7, 11) is 1.89. The molecule has 100 valence electrons. The van der Waals surface area contributed by atoms with Gasteiger partial charge >= 0.3 is 0 Å². The van der Waals surface area contributed by atoms with Crippen LogP contribution in [0.15, 0.2) is 15.9 Å². The number of carbonyl (C=O) groups is 1. The number of halogens is 1. The van der Waals surface area contributed by atoms with Gasteiger partial charge in [0.2, 0.25) is 5.91 Å². The second kappa shape index (κ2) is 6.17. The smallest absolute Gasteiger partial charge is 0.226 e. The number of thiophene rings is 1. The van der Waals surface area contributed by atoms with Crippen molar-refractivity contribution in [1.29, 1.82) is 0 Å². The number of rotatable bonds is 3. The van der Waals surface area contributed by atoms with Crippen LogP contribution < -0.4 is 0 Å². The summed E-state index contributed by atoms with van der Waals surface area (Å²) < 4.78 is 6.47. The van der Waals surface area contributed by atoms with Crippen LogP contribution in [0.5, 0.6) is 0 Å². The van der Waals surface area contributed by atoms with Crippen LogP contribution in [-0.2, 0) is 16.1 Å². The normalized spacial score (nSPS) is 23.9. The van der Waals surface area contributed by atoms with Crippen molar-refractivity contribution in [3.8, 4) is 0 Å². The molecule has 0 bridgehead atoms. The largest absolute Gasteiger partial charge is 0.381 e. The number of carbonyl (C=O) groups excluding carboxylic acids is 1. The standard InChI is InChI=1S/C13H18BrNO2S/c1-9-7-17-4-3-12(9)13(16)15(2)6-11-5-10(14)8-18-11/h5,8-9,12H,3-4,6-7H2,1-2H3. The molecule has 0 spiro atoms. The van der Waals surface area contributed by atoms with Crippen LogP contribution in [0.2, 0.25) is 0 Å². The zero-order valence-electron chi connectivity index (χ0n) is 10.7. The van der Waals surface area contributed by atoms with E-state index in [1.54, 1.807) is 11.3 Å². The summed E-state index contributed by atoms with van der Waals surface area (Å²) in [5.74, 6) is 0.686. The van der Waals surface area contributed by atoms with Gasteiger partial charge in [-0.15, -0.1) is 11.3 Å². The molecule has 1 aliphatic heterocycles. The van der Waals surface area contributed by atoms with E-state index < -0.39 is 0 Å². The van der Waals surface area contributed by atoms with Crippen LogP contribution in [0.25, 0.3) is 0 Å². The summed E-state index contributed by atoms with van der Waals surface area (Å²) in [6.45, 7) is 4.20. The minimum Gasteiger partial charge on any atom is -0.381 e. The first-order chi connectivity index (χ1) is 8.58. The van der Waals surface area contributed by atoms with Gasteiger partial charge in [-0.25, -0.2) is 0 Å². The van der Waals surface area contributed by atoms with E-state index in [4.69, 9.17) is 4.74 Å². The van der Waals surface area contributed by atoms with E-state index in [9.17, 15) is 4.79 Å². The average Bonchev–Trinajstić information content (AvgIpc) is 2.74. The molecule has 1 amide bonds. The number of nitrogens with zero attached hydrogens (tertiary/aromatic N) is 1. The van der Waals surface area contributed by atoms with E-state index in [2.05, 4.69) is 28.9 Å². The minimum atomic E-state index is 0.118. The van der Waals surface area contributed by atoms with Crippen molar-refractivity contribution in [1.82, 2.24) is 4.90 Å². The van der Waals surface area contributed by atoms with E-state index in [1.165, 1.54) is 4.88 Å². The summed E-state index contributed by atoms with van der Waals surface area (Å²) in [5, 5.41) is 2.05. The van der Waals surface area contributed by atoms with Crippen molar-refractivity contribution >= 4 is 33.2 Å². The SMILES string of the molecule is CC1COCCC1C(=O)N(C)Cc1cc(Br)cs1. The van der Waals surface area contributed by atoms with Gasteiger partial charge in [-0.05, 0) is 34.3 Å². The molecular weight excluding hydrogens is 314 g/mol. The Kier molecular flexibility index (Phi) is 4.81. The van der Waals surface area contributed by atoms with Crippen molar-refractivity contribution in [2.75, 3.05) is 20.3 Å². The molecule has 2 rings (SSSR count). The fraction of sp³-hybridized carbons (Fsp3) is 0.615. The molecule has 0 aromatic carbocycles. The van der Waals surface area contributed by atoms with Crippen LogP contribution in [0.3, 0.4) is 0 Å². The Morgan fingerprint density at radius 2 is 2.44 bits per heavy atom. The quantitative estimate of drug-likeness (QED) is 0.851. The van der Waals surface area contributed by atoms with Crippen LogP contribution in [0.4, 0.5) is 0 Å². The summed E-state index contributed by atoms with van der Waals surface area (Å²) in [5.41, 5.74) is 0. The predicted octanol–water partition coefficient (Wildman–Crippen LogP) is 3.14. The topological polar surface area (TPSA) is 29.5 Å². The molecule has 1 fully saturated rings. The van der Waals surface area contributed by atoms with Crippen molar-refractivity contribution in [3.05, 3.63) is 20.8 Å². The molecule has 0 radical (unpaired) electrons. The summed E-state index contributed by atoms with van der Waals surface area (Å²) in [4.78, 5) is 15.4. The second-order valence-electron chi connectivity index (χ2n) is 4.87. The second-order valence-corrected chi connectivity index (χ2v) is 6.78. The maximum absolute atomic E-state index is 12.4. The van der Waals surface area contributed by atoms with Crippen molar-refractivity contribution < 1.29 is 9.53 Å². The van der Waals surface area contributed by atoms with Gasteiger partial charge in [-0.2, -0.15) is 0 Å². The summed E-state index contributed by atoms with van der Waals surface area (Å²) >= 11 is 5.11. The van der Waals surface area contributed by atoms with Gasteiger partial charge in [0, 0.05) is 40.9 Å². The fourth-order valence-electron chi connectivity index (χ4n) is 2.28. The Hall–Kier alpha value is -0.390. The van der Waals surface area contributed by atoms with Crippen LogP contribution >= 0.6 is 27.3 Å². The monoisotopic (exact) mass is 331 g/mol. The summed E-state index contributed by atoms with van der Waals surface area (Å²) in [6.07, 6.45) is 0.846. The molecule has 2 unspecified atom stereocenters. The van der Waals surface area contributed by atoms with Crippen LogP contribution in [-0.4, -0.2) is 31.1 Å². The molecule has 5 heteroatoms. The Morgan fingerprint density at radius 1 is 1.67 bits per heavy atom. The van der Waals surface area contributed by atoms with Gasteiger partial charge in [-0.3, -0.25) is 4.79 Å². The molecule has 18 heavy (non-hydrogen) atoms. The maximum Gasteiger partial charge on any atom is 0.226 e. The predicted molar refractivity (Wildman–Crippen MR) is 76.6 cm³/mol. The number of ether oxygens (including phenoxy) is 1. The van der Waals surface area contributed by atoms with Crippen molar-refractivity contribution in [3.63, 3.8) is 0 Å². The molecule has 0 aliphatic carbocycles. The van der Waals surface area contributed by atoms with Gasteiger partial charge in [-0.1, -0.05) is 6.92 Å². The summed E-state index contributed by atoms with van der Waals surface area (Å²) in [6, 6.07) is 2.07. The van der Waals surface area contributed by atoms with Gasteiger partial charge in [0.25, 0.3) is 0 Å². The Bertz CT molecular complexity index is 421. The molecule has 1 aromatic rings. The van der Waals surface area contributed by atoms with Gasteiger partial charge in [0.15, 0.2) is 0 Å². The lowest BCUT2D eigenvalue weighted by atomic mass is 9.89. The molecule has 3 nitrogen and oxygen atoms in total. The lowest BCUT2D eigenvalue weighted by molar-refractivity contribution is -0.140. The highest BCUT2D eigenvalue weighted by atomic mass is 79.9. The molecular formula is C13H18BrNO2S. The zero-order chi connectivity index (χ0) is 13.1. The van der Waals surface area contributed by atoms with E-state index in [0.29, 0.717) is 25.7 Å². The first kappa shape index (κ1) is 14.0. The first-order valence-electron chi connectivity index (χ1n) is 6.13. The van der Waals surface area contributed by atoms with E-state index in [1.807, 2.05) is 17.3 Å². The molecule has 0 N–H and O–H groups in total. The third-order valence-electron chi connectivity index (χ3n) is 3.35. The fourth-order valence-corrected chi connectivity index (χ4v) is 3.78. The Morgan fingerprint density at radius 3 is 3.06 bits per heavy atom. The first-order valence-corrected chi connectivity index (χ1v) is 7.81. The number of hydrogen-bond acceptors (Lipinski definition) is 3. The molecule has 2 atom stereocenters. The van der Waals surface area contributed by atoms with E-state index in [-0.39, 0.29) is 11.8 Å². The zero-order valence-corrected chi connectivity index (χ0v) is 13.1. The highest BCUT2D eigenvalue weighted by Gasteiger charge is 2.30. The maximum atomic E-state index is 12.4. The van der Waals surface area contributed by atoms with E-state index >= 15 is 0 Å². The minimum absolute atomic E-state index is 0.118. The molecule has 2 heterocycles. The van der Waals surface area contributed by atoms with Gasteiger partial charge in [0.1, 0.15) is 0 Å². The Balaban J connectivity index is 1.95. The van der Waals surface area contributed by atoms with Crippen molar-refractivity contribution in [2.45, 2.75) is 19.9 Å². The highest BCUT2D eigenvalue weighted by Crippen LogP contribution is 2.25. The van der Waals surface area contributed by atoms with Gasteiger partial charge in [0.05, 0.1) is 6.54 Å². The molecule has 1 aromatic heterocycles. The highest BCUT2D eigenvalue weighted by molar-refractivity contribution is 9.10. The number of amides is 1. The van der Waals surface area contributed by atoms with Crippen molar-refractivity contribution in [2.24, 2.45) is 11.8 Å². The molecule has 0 saturated carbocycles. The number of hydrogen-bond donors (Lipinski definition) is 0. The molecule has 1 saturated heterocycles. The average molecular weight is 332 g/mol. The van der Waals surface area contributed by atoms with Gasteiger partial charge < -0.3 is 9.64 Å². The van der Waals surface area contributed by atoms with Crippen LogP contribution in [0, 0.1) is 11.8 Å².